The van der Waals surface area contributed by atoms with Gasteiger partial charge >= 0.3 is 35.5 Å². The van der Waals surface area contributed by atoms with Crippen LogP contribution in [0.4, 0.5) is 0 Å². The topological polar surface area (TPSA) is 37.3 Å². The molecule has 1 aromatic rings. The summed E-state index contributed by atoms with van der Waals surface area (Å²) in [5.41, 5.74) is 0.138. The van der Waals surface area contributed by atoms with Gasteiger partial charge in [-0.15, -0.1) is 0 Å². The van der Waals surface area contributed by atoms with Crippen LogP contribution in [0.5, 0.6) is 0 Å². The van der Waals surface area contributed by atoms with Gasteiger partial charge in [0, 0.05) is 0 Å². The number of benzene rings is 1. The molecule has 1 N–H and O–H groups in total. The standard InChI is InChI=1S/C7H4Cl2O2.Na.H/c8-5-2-1-4(7(10)11)3-6(5)9;;/h1-3H,(H,10,11);;/q;+1;-1. The third-order valence-corrected chi connectivity index (χ3v) is 1.91. The van der Waals surface area contributed by atoms with Gasteiger partial charge in [0.25, 0.3) is 0 Å². The van der Waals surface area contributed by atoms with E-state index in [2.05, 4.69) is 0 Å². The molecule has 1 aromatic carbocycles. The van der Waals surface area contributed by atoms with Crippen molar-refractivity contribution in [2.24, 2.45) is 0 Å². The first-order valence-electron chi connectivity index (χ1n) is 2.79. The number of carboxylic acids is 1. The predicted octanol–water partition coefficient (Wildman–Crippen LogP) is -0.192. The Morgan fingerprint density at radius 2 is 1.92 bits per heavy atom. The molecule has 12 heavy (non-hydrogen) atoms. The summed E-state index contributed by atoms with van der Waals surface area (Å²) in [5.74, 6) is -1.01. The minimum absolute atomic E-state index is 0. The van der Waals surface area contributed by atoms with Gasteiger partial charge in [-0.1, -0.05) is 23.2 Å². The molecule has 0 saturated carbocycles. The summed E-state index contributed by atoms with van der Waals surface area (Å²) in [7, 11) is 0. The van der Waals surface area contributed by atoms with E-state index in [4.69, 9.17) is 28.3 Å². The molecule has 0 aliphatic carbocycles. The van der Waals surface area contributed by atoms with Crippen LogP contribution in [0.1, 0.15) is 11.8 Å². The van der Waals surface area contributed by atoms with E-state index in [-0.39, 0.29) is 41.6 Å². The van der Waals surface area contributed by atoms with Crippen molar-refractivity contribution in [3.05, 3.63) is 33.8 Å². The summed E-state index contributed by atoms with van der Waals surface area (Å²) in [6.45, 7) is 0. The van der Waals surface area contributed by atoms with Crippen LogP contribution >= 0.6 is 23.2 Å². The van der Waals surface area contributed by atoms with Crippen molar-refractivity contribution in [2.75, 3.05) is 0 Å². The molecule has 0 bridgehead atoms. The zero-order valence-corrected chi connectivity index (χ0v) is 9.86. The first-order valence-corrected chi connectivity index (χ1v) is 3.55. The monoisotopic (exact) mass is 214 g/mol. The van der Waals surface area contributed by atoms with Gasteiger partial charge in [-0.2, -0.15) is 0 Å². The van der Waals surface area contributed by atoms with Gasteiger partial charge in [-0.05, 0) is 18.2 Å². The van der Waals surface area contributed by atoms with E-state index in [1.807, 2.05) is 0 Å². The van der Waals surface area contributed by atoms with Crippen LogP contribution < -0.4 is 29.6 Å². The fraction of sp³-hybridized carbons (Fsp3) is 0. The predicted molar refractivity (Wildman–Crippen MR) is 44.5 cm³/mol. The Morgan fingerprint density at radius 1 is 1.33 bits per heavy atom. The summed E-state index contributed by atoms with van der Waals surface area (Å²) < 4.78 is 0. The molecule has 5 heteroatoms. The molecule has 0 fully saturated rings. The average Bonchev–Trinajstić information content (AvgIpc) is 1.94. The van der Waals surface area contributed by atoms with Crippen LogP contribution in [-0.2, 0) is 0 Å². The van der Waals surface area contributed by atoms with Gasteiger partial charge in [0.1, 0.15) is 0 Å². The first kappa shape index (κ1) is 12.3. The minimum atomic E-state index is -1.01. The number of carboxylic acid groups (broad SMARTS) is 1. The fourth-order valence-corrected chi connectivity index (χ4v) is 0.927. The maximum Gasteiger partial charge on any atom is 1.00 e. The zero-order valence-electron chi connectivity index (χ0n) is 7.34. The first-order chi connectivity index (χ1) is 5.11. The molecule has 0 spiro atoms. The van der Waals surface area contributed by atoms with Crippen LogP contribution in [0.2, 0.25) is 10.0 Å². The summed E-state index contributed by atoms with van der Waals surface area (Å²) in [6, 6.07) is 4.16. The van der Waals surface area contributed by atoms with Crippen LogP contribution in [0.25, 0.3) is 0 Å². The molecule has 0 unspecified atom stereocenters. The molecule has 2 nitrogen and oxygen atoms in total. The molecule has 0 atom stereocenters. The van der Waals surface area contributed by atoms with Crippen molar-refractivity contribution in [1.82, 2.24) is 0 Å². The quantitative estimate of drug-likeness (QED) is 0.659. The van der Waals surface area contributed by atoms with Gasteiger partial charge in [0.05, 0.1) is 15.6 Å². The van der Waals surface area contributed by atoms with Crippen molar-refractivity contribution >= 4 is 29.2 Å². The Morgan fingerprint density at radius 3 is 2.33 bits per heavy atom. The number of aromatic carboxylic acids is 1. The second kappa shape index (κ2) is 5.10. The van der Waals surface area contributed by atoms with E-state index in [0.717, 1.165) is 0 Å². The molecule has 1 rings (SSSR count). The van der Waals surface area contributed by atoms with Crippen LogP contribution in [0.15, 0.2) is 18.2 Å². The molecule has 0 radical (unpaired) electrons. The Labute approximate surface area is 103 Å². The van der Waals surface area contributed by atoms with E-state index < -0.39 is 5.97 Å². The Balaban J connectivity index is 0. The molecule has 0 aromatic heterocycles. The summed E-state index contributed by atoms with van der Waals surface area (Å²) in [4.78, 5) is 10.4. The van der Waals surface area contributed by atoms with Crippen molar-refractivity contribution in [3.8, 4) is 0 Å². The van der Waals surface area contributed by atoms with Crippen molar-refractivity contribution in [1.29, 1.82) is 0 Å². The van der Waals surface area contributed by atoms with Gasteiger partial charge in [0.15, 0.2) is 0 Å². The number of carbonyl (C=O) groups is 1. The number of hydrogen-bond acceptors (Lipinski definition) is 1. The van der Waals surface area contributed by atoms with E-state index in [1.165, 1.54) is 18.2 Å². The average molecular weight is 215 g/mol. The van der Waals surface area contributed by atoms with Crippen molar-refractivity contribution in [2.45, 2.75) is 0 Å². The third-order valence-electron chi connectivity index (χ3n) is 1.17. The van der Waals surface area contributed by atoms with Crippen molar-refractivity contribution < 1.29 is 40.9 Å². The number of hydrogen-bond donors (Lipinski definition) is 1. The van der Waals surface area contributed by atoms with Gasteiger partial charge in [-0.25, -0.2) is 4.79 Å². The van der Waals surface area contributed by atoms with E-state index >= 15 is 0 Å². The molecule has 60 valence electrons. The zero-order chi connectivity index (χ0) is 8.43. The molecule has 0 saturated heterocycles. The van der Waals surface area contributed by atoms with Crippen molar-refractivity contribution in [3.63, 3.8) is 0 Å². The van der Waals surface area contributed by atoms with E-state index in [9.17, 15) is 4.79 Å². The van der Waals surface area contributed by atoms with E-state index in [0.29, 0.717) is 5.02 Å². The van der Waals surface area contributed by atoms with Crippen LogP contribution in [0, 0.1) is 0 Å². The SMILES string of the molecule is O=C(O)c1ccc(Cl)c(Cl)c1.[H-].[Na+]. The Bertz CT molecular complexity index is 307. The number of halogens is 2. The smallest absolute Gasteiger partial charge is 1.00 e. The van der Waals surface area contributed by atoms with E-state index in [1.54, 1.807) is 0 Å². The summed E-state index contributed by atoms with van der Waals surface area (Å²) in [6.07, 6.45) is 0. The summed E-state index contributed by atoms with van der Waals surface area (Å²) >= 11 is 11.1. The Hall–Kier alpha value is 0.270. The fourth-order valence-electron chi connectivity index (χ4n) is 0.629. The molecule has 0 amide bonds. The minimum Gasteiger partial charge on any atom is -1.00 e. The molecule has 0 aliphatic heterocycles. The van der Waals surface area contributed by atoms with Gasteiger partial charge < -0.3 is 6.53 Å². The van der Waals surface area contributed by atoms with Gasteiger partial charge in [-0.3, -0.25) is 0 Å². The normalized spacial score (nSPS) is 8.83. The molecule has 0 heterocycles. The van der Waals surface area contributed by atoms with Gasteiger partial charge in [0.2, 0.25) is 0 Å². The molecular formula is C7H5Cl2NaO2. The third kappa shape index (κ3) is 2.96. The summed E-state index contributed by atoms with van der Waals surface area (Å²) in [5, 5.41) is 9.11. The van der Waals surface area contributed by atoms with Crippen LogP contribution in [-0.4, -0.2) is 11.1 Å². The maximum atomic E-state index is 10.4. The maximum absolute atomic E-state index is 10.4. The number of rotatable bonds is 1. The largest absolute Gasteiger partial charge is 1.00 e. The van der Waals surface area contributed by atoms with Crippen LogP contribution in [0.3, 0.4) is 0 Å². The second-order valence-electron chi connectivity index (χ2n) is 1.93. The molecule has 0 aliphatic rings. The molecular weight excluding hydrogens is 210 g/mol. The second-order valence-corrected chi connectivity index (χ2v) is 2.75. The Kier molecular flexibility index (Phi) is 5.21.